The van der Waals surface area contributed by atoms with Crippen molar-refractivity contribution in [2.45, 2.75) is 31.5 Å². The van der Waals surface area contributed by atoms with Crippen molar-refractivity contribution in [1.29, 1.82) is 0 Å². The number of anilines is 1. The van der Waals surface area contributed by atoms with Crippen molar-refractivity contribution >= 4 is 22.8 Å². The van der Waals surface area contributed by atoms with E-state index in [0.29, 0.717) is 17.4 Å². The zero-order valence-electron chi connectivity index (χ0n) is 22.0. The number of carbonyl (C=O) groups is 1. The van der Waals surface area contributed by atoms with E-state index >= 15 is 0 Å². The lowest BCUT2D eigenvalue weighted by atomic mass is 10.1. The number of piperidine rings is 1. The zero-order valence-corrected chi connectivity index (χ0v) is 22.0. The highest BCUT2D eigenvalue weighted by Gasteiger charge is 2.20. The molecule has 2 aromatic heterocycles. The third kappa shape index (κ3) is 6.00. The Labute approximate surface area is 229 Å². The SMILES string of the molecule is CN1CCC(Nc2cnc3ccc(CNC(=O)c4cccn([C@@H](CO)c5ccc(F)c(F)c5)c4=O)cc3n2)CC1. The fourth-order valence-corrected chi connectivity index (χ4v) is 4.88. The summed E-state index contributed by atoms with van der Waals surface area (Å²) in [5.74, 6) is -2.04. The van der Waals surface area contributed by atoms with Crippen LogP contribution >= 0.6 is 0 Å². The van der Waals surface area contributed by atoms with Crippen LogP contribution < -0.4 is 16.2 Å². The van der Waals surface area contributed by atoms with Crippen molar-refractivity contribution in [3.63, 3.8) is 0 Å². The fraction of sp³-hybridized carbons (Fsp3) is 0.310. The molecule has 0 unspecified atom stereocenters. The molecular weight excluding hydrogens is 518 g/mol. The molecule has 1 saturated heterocycles. The first kappa shape index (κ1) is 27.4. The van der Waals surface area contributed by atoms with Gasteiger partial charge >= 0.3 is 0 Å². The van der Waals surface area contributed by atoms with Gasteiger partial charge < -0.3 is 25.2 Å². The summed E-state index contributed by atoms with van der Waals surface area (Å²) in [5, 5.41) is 16.1. The lowest BCUT2D eigenvalue weighted by Gasteiger charge is -2.29. The van der Waals surface area contributed by atoms with Crippen LogP contribution in [-0.2, 0) is 6.54 Å². The van der Waals surface area contributed by atoms with E-state index in [9.17, 15) is 23.5 Å². The number of amides is 1. The fourth-order valence-electron chi connectivity index (χ4n) is 4.88. The Hall–Kier alpha value is -4.22. The largest absolute Gasteiger partial charge is 0.394 e. The van der Waals surface area contributed by atoms with E-state index < -0.39 is 35.7 Å². The molecule has 40 heavy (non-hydrogen) atoms. The van der Waals surface area contributed by atoms with Crippen molar-refractivity contribution in [2.75, 3.05) is 32.1 Å². The highest BCUT2D eigenvalue weighted by molar-refractivity contribution is 5.93. The van der Waals surface area contributed by atoms with E-state index in [-0.39, 0.29) is 17.7 Å². The molecule has 0 aliphatic carbocycles. The van der Waals surface area contributed by atoms with E-state index in [1.165, 1.54) is 24.4 Å². The van der Waals surface area contributed by atoms with Gasteiger partial charge in [0.15, 0.2) is 11.6 Å². The van der Waals surface area contributed by atoms with Crippen molar-refractivity contribution < 1.29 is 18.7 Å². The molecule has 1 amide bonds. The van der Waals surface area contributed by atoms with Crippen LogP contribution in [0.3, 0.4) is 0 Å². The van der Waals surface area contributed by atoms with Gasteiger partial charge in [-0.25, -0.2) is 13.8 Å². The number of nitrogens with one attached hydrogen (secondary N) is 2. The predicted molar refractivity (Wildman–Crippen MR) is 147 cm³/mol. The Morgan fingerprint density at radius 2 is 1.90 bits per heavy atom. The molecule has 4 aromatic rings. The number of nitrogens with zero attached hydrogens (tertiary/aromatic N) is 4. The van der Waals surface area contributed by atoms with Crippen LogP contribution in [0.25, 0.3) is 11.0 Å². The first-order valence-electron chi connectivity index (χ1n) is 13.1. The topological polar surface area (TPSA) is 112 Å². The Kier molecular flexibility index (Phi) is 8.13. The number of benzene rings is 2. The van der Waals surface area contributed by atoms with Crippen LogP contribution in [0.1, 0.15) is 40.4 Å². The van der Waals surface area contributed by atoms with Gasteiger partial charge in [0, 0.05) is 18.8 Å². The van der Waals surface area contributed by atoms with Crippen LogP contribution in [0.15, 0.2) is 65.7 Å². The number of aromatic nitrogens is 3. The van der Waals surface area contributed by atoms with Crippen molar-refractivity contribution in [3.8, 4) is 0 Å². The average Bonchev–Trinajstić information content (AvgIpc) is 2.96. The van der Waals surface area contributed by atoms with Gasteiger partial charge in [-0.15, -0.1) is 0 Å². The minimum atomic E-state index is -1.09. The van der Waals surface area contributed by atoms with Gasteiger partial charge in [0.25, 0.3) is 11.5 Å². The van der Waals surface area contributed by atoms with E-state index in [0.717, 1.165) is 53.7 Å². The van der Waals surface area contributed by atoms with E-state index in [4.69, 9.17) is 4.98 Å². The Morgan fingerprint density at radius 3 is 2.65 bits per heavy atom. The number of pyridine rings is 1. The van der Waals surface area contributed by atoms with Crippen LogP contribution in [-0.4, -0.2) is 63.2 Å². The molecular formula is C29H30F2N6O3. The van der Waals surface area contributed by atoms with Crippen molar-refractivity contribution in [2.24, 2.45) is 0 Å². The zero-order chi connectivity index (χ0) is 28.2. The number of hydrogen-bond donors (Lipinski definition) is 3. The summed E-state index contributed by atoms with van der Waals surface area (Å²) in [4.78, 5) is 37.6. The minimum Gasteiger partial charge on any atom is -0.394 e. The Balaban J connectivity index is 1.29. The molecule has 9 nitrogen and oxygen atoms in total. The van der Waals surface area contributed by atoms with Gasteiger partial charge in [-0.05, 0) is 80.5 Å². The number of aliphatic hydroxyl groups is 1. The van der Waals surface area contributed by atoms with Crippen LogP contribution in [0.5, 0.6) is 0 Å². The summed E-state index contributed by atoms with van der Waals surface area (Å²) in [5.41, 5.74) is 1.57. The van der Waals surface area contributed by atoms with Gasteiger partial charge in [-0.1, -0.05) is 12.1 Å². The molecule has 5 rings (SSSR count). The lowest BCUT2D eigenvalue weighted by Crippen LogP contribution is -2.36. The molecule has 0 saturated carbocycles. The minimum absolute atomic E-state index is 0.143. The summed E-state index contributed by atoms with van der Waals surface area (Å²) in [7, 11) is 2.11. The number of carbonyl (C=O) groups excluding carboxylic acids is 1. The van der Waals surface area contributed by atoms with Gasteiger partial charge in [0.1, 0.15) is 11.4 Å². The van der Waals surface area contributed by atoms with Gasteiger partial charge in [0.05, 0.1) is 29.9 Å². The number of halogens is 2. The van der Waals surface area contributed by atoms with Gasteiger partial charge in [0.2, 0.25) is 0 Å². The number of aliphatic hydroxyl groups excluding tert-OH is 1. The molecule has 1 aliphatic rings. The number of likely N-dealkylation sites (tertiary alicyclic amines) is 1. The van der Waals surface area contributed by atoms with Crippen molar-refractivity contribution in [1.82, 2.24) is 24.8 Å². The maximum atomic E-state index is 13.8. The molecule has 1 atom stereocenters. The van der Waals surface area contributed by atoms with Gasteiger partial charge in [-0.2, -0.15) is 0 Å². The standard InChI is InChI=1S/C29H30F2N6O3/c1-36-11-8-20(9-12-36)34-27-16-32-24-7-4-18(13-25(24)35-27)15-33-28(39)21-3-2-10-37(29(21)40)26(17-38)19-5-6-22(30)23(31)14-19/h2-7,10,13-14,16,20,26,38H,8-9,11-12,15,17H2,1H3,(H,33,39)(H,34,35)/t26-/m0/s1. The second-order valence-electron chi connectivity index (χ2n) is 9.99. The molecule has 208 valence electrons. The van der Waals surface area contributed by atoms with E-state index in [1.807, 2.05) is 18.2 Å². The molecule has 3 heterocycles. The summed E-state index contributed by atoms with van der Waals surface area (Å²) in [6.07, 6.45) is 5.18. The third-order valence-corrected chi connectivity index (χ3v) is 7.19. The monoisotopic (exact) mass is 548 g/mol. The molecule has 11 heteroatoms. The van der Waals surface area contributed by atoms with E-state index in [1.54, 1.807) is 6.20 Å². The Morgan fingerprint density at radius 1 is 1.10 bits per heavy atom. The first-order valence-corrected chi connectivity index (χ1v) is 13.1. The average molecular weight is 549 g/mol. The van der Waals surface area contributed by atoms with Gasteiger partial charge in [-0.3, -0.25) is 14.6 Å². The molecule has 0 bridgehead atoms. The number of fused-ring (bicyclic) bond motifs is 1. The summed E-state index contributed by atoms with van der Waals surface area (Å²) in [6.45, 7) is 1.65. The molecule has 0 radical (unpaired) electrons. The quantitative estimate of drug-likeness (QED) is 0.310. The smallest absolute Gasteiger partial charge is 0.264 e. The summed E-state index contributed by atoms with van der Waals surface area (Å²) in [6, 6.07) is 10.8. The molecule has 0 spiro atoms. The van der Waals surface area contributed by atoms with E-state index in [2.05, 4.69) is 27.6 Å². The summed E-state index contributed by atoms with van der Waals surface area (Å²) >= 11 is 0. The third-order valence-electron chi connectivity index (χ3n) is 7.19. The number of rotatable bonds is 8. The maximum Gasteiger partial charge on any atom is 0.264 e. The van der Waals surface area contributed by atoms with Crippen LogP contribution in [0, 0.1) is 11.6 Å². The molecule has 3 N–H and O–H groups in total. The highest BCUT2D eigenvalue weighted by Crippen LogP contribution is 2.20. The van der Waals surface area contributed by atoms with Crippen LogP contribution in [0.2, 0.25) is 0 Å². The highest BCUT2D eigenvalue weighted by atomic mass is 19.2. The summed E-state index contributed by atoms with van der Waals surface area (Å²) < 4.78 is 28.3. The Bertz CT molecular complexity index is 1590. The molecule has 1 fully saturated rings. The number of hydrogen-bond acceptors (Lipinski definition) is 7. The normalized spacial score (nSPS) is 15.2. The molecule has 2 aromatic carbocycles. The molecule has 1 aliphatic heterocycles. The van der Waals surface area contributed by atoms with Crippen molar-refractivity contribution in [3.05, 3.63) is 99.6 Å². The second kappa shape index (κ2) is 11.9. The lowest BCUT2D eigenvalue weighted by molar-refractivity contribution is 0.0948. The predicted octanol–water partition coefficient (Wildman–Crippen LogP) is 3.09. The second-order valence-corrected chi connectivity index (χ2v) is 9.99. The van der Waals surface area contributed by atoms with Crippen LogP contribution in [0.4, 0.5) is 14.6 Å². The first-order chi connectivity index (χ1) is 19.3. The maximum absolute atomic E-state index is 13.8.